The zero-order valence-electron chi connectivity index (χ0n) is 15.4. The average molecular weight is 378 g/mol. The Hall–Kier alpha value is -3.75. The Kier molecular flexibility index (Phi) is 4.26. The first-order chi connectivity index (χ1) is 13.4. The Balaban J connectivity index is 1.52. The number of aromatic nitrogens is 5. The molecule has 142 valence electrons. The molecule has 0 aliphatic heterocycles. The molecule has 9 heteroatoms. The second-order valence-electron chi connectivity index (χ2n) is 6.55. The molecule has 0 spiro atoms. The summed E-state index contributed by atoms with van der Waals surface area (Å²) in [6.45, 7) is 0. The van der Waals surface area contributed by atoms with Crippen LogP contribution >= 0.6 is 0 Å². The van der Waals surface area contributed by atoms with Crippen LogP contribution in [0.1, 0.15) is 12.2 Å². The van der Waals surface area contributed by atoms with Gasteiger partial charge in [-0.25, -0.2) is 14.8 Å². The van der Waals surface area contributed by atoms with Gasteiger partial charge in [-0.15, -0.1) is 0 Å². The maximum Gasteiger partial charge on any atom is 0.332 e. The molecule has 0 bridgehead atoms. The van der Waals surface area contributed by atoms with Crippen molar-refractivity contribution in [2.75, 3.05) is 5.32 Å². The van der Waals surface area contributed by atoms with Crippen molar-refractivity contribution in [1.82, 2.24) is 24.1 Å². The van der Waals surface area contributed by atoms with Crippen molar-refractivity contribution < 1.29 is 4.79 Å². The molecular weight excluding hydrogens is 360 g/mol. The van der Waals surface area contributed by atoms with Gasteiger partial charge in [0.25, 0.3) is 5.56 Å². The lowest BCUT2D eigenvalue weighted by atomic mass is 10.2. The third kappa shape index (κ3) is 3.07. The lowest BCUT2D eigenvalue weighted by molar-refractivity contribution is -0.116. The summed E-state index contributed by atoms with van der Waals surface area (Å²) in [6, 6.07) is 9.20. The number of carbonyl (C=O) groups excluding carboxylic acids is 1. The number of hydrogen-bond donors (Lipinski definition) is 2. The number of aromatic amines is 1. The zero-order chi connectivity index (χ0) is 19.8. The van der Waals surface area contributed by atoms with E-state index in [2.05, 4.69) is 20.3 Å². The van der Waals surface area contributed by atoms with E-state index in [1.54, 1.807) is 7.05 Å². The SMILES string of the molecule is Cn1c(=O)c2cc(NC(=O)CCc3nc4ccccc4[nH]3)cnc2n(C)c1=O. The predicted octanol–water partition coefficient (Wildman–Crippen LogP) is 1.08. The van der Waals surface area contributed by atoms with Gasteiger partial charge in [-0.1, -0.05) is 12.1 Å². The van der Waals surface area contributed by atoms with Gasteiger partial charge in [0, 0.05) is 26.9 Å². The number of benzene rings is 1. The first kappa shape index (κ1) is 17.7. The number of hydrogen-bond acceptors (Lipinski definition) is 5. The Morgan fingerprint density at radius 3 is 2.75 bits per heavy atom. The maximum absolute atomic E-state index is 12.3. The third-order valence-electron chi connectivity index (χ3n) is 4.60. The Morgan fingerprint density at radius 1 is 1.18 bits per heavy atom. The van der Waals surface area contributed by atoms with Crippen LogP contribution in [0, 0.1) is 0 Å². The highest BCUT2D eigenvalue weighted by Crippen LogP contribution is 2.14. The lowest BCUT2D eigenvalue weighted by Gasteiger charge is -2.09. The number of aryl methyl sites for hydroxylation is 2. The number of H-pyrrole nitrogens is 1. The Bertz CT molecular complexity index is 1300. The molecule has 0 atom stereocenters. The maximum atomic E-state index is 12.3. The van der Waals surface area contributed by atoms with E-state index in [9.17, 15) is 14.4 Å². The smallest absolute Gasteiger partial charge is 0.332 e. The van der Waals surface area contributed by atoms with Crippen molar-refractivity contribution >= 4 is 33.7 Å². The molecule has 2 N–H and O–H groups in total. The fraction of sp³-hybridized carbons (Fsp3) is 0.211. The van der Waals surface area contributed by atoms with Crippen LogP contribution in [0.3, 0.4) is 0 Å². The topological polar surface area (TPSA) is 115 Å². The summed E-state index contributed by atoms with van der Waals surface area (Å²) in [5.74, 6) is 0.514. The van der Waals surface area contributed by atoms with E-state index >= 15 is 0 Å². The zero-order valence-corrected chi connectivity index (χ0v) is 15.4. The fourth-order valence-electron chi connectivity index (χ4n) is 3.11. The van der Waals surface area contributed by atoms with Crippen molar-refractivity contribution in [2.45, 2.75) is 12.8 Å². The summed E-state index contributed by atoms with van der Waals surface area (Å²) in [7, 11) is 2.95. The molecule has 0 fully saturated rings. The number of pyridine rings is 1. The normalized spacial score (nSPS) is 11.2. The number of nitrogens with zero attached hydrogens (tertiary/aromatic N) is 4. The van der Waals surface area contributed by atoms with E-state index in [0.29, 0.717) is 12.1 Å². The molecule has 9 nitrogen and oxygen atoms in total. The standard InChI is InChI=1S/C19H18N6O3/c1-24-17-12(18(27)25(2)19(24)28)9-11(10-20-17)21-16(26)8-7-15-22-13-5-3-4-6-14(13)23-15/h3-6,9-10H,7-8H2,1-2H3,(H,21,26)(H,22,23). The molecule has 4 aromatic rings. The highest BCUT2D eigenvalue weighted by atomic mass is 16.2. The second-order valence-corrected chi connectivity index (χ2v) is 6.55. The molecule has 0 radical (unpaired) electrons. The number of nitrogens with one attached hydrogen (secondary N) is 2. The molecule has 0 saturated heterocycles. The Morgan fingerprint density at radius 2 is 1.96 bits per heavy atom. The summed E-state index contributed by atoms with van der Waals surface area (Å²) < 4.78 is 2.31. The molecule has 0 aliphatic carbocycles. The second kappa shape index (κ2) is 6.76. The molecule has 28 heavy (non-hydrogen) atoms. The van der Waals surface area contributed by atoms with Gasteiger partial charge in [0.05, 0.1) is 28.3 Å². The molecule has 1 aromatic carbocycles. The lowest BCUT2D eigenvalue weighted by Crippen LogP contribution is -2.37. The van der Waals surface area contributed by atoms with Crippen molar-refractivity contribution in [3.8, 4) is 0 Å². The summed E-state index contributed by atoms with van der Waals surface area (Å²) in [6.07, 6.45) is 2.11. The van der Waals surface area contributed by atoms with Gasteiger partial charge in [-0.05, 0) is 18.2 Å². The minimum Gasteiger partial charge on any atom is -0.342 e. The fourth-order valence-corrected chi connectivity index (χ4v) is 3.11. The van der Waals surface area contributed by atoms with E-state index in [4.69, 9.17) is 0 Å². The third-order valence-corrected chi connectivity index (χ3v) is 4.60. The minimum absolute atomic E-state index is 0.219. The highest BCUT2D eigenvalue weighted by molar-refractivity contribution is 5.92. The highest BCUT2D eigenvalue weighted by Gasteiger charge is 2.12. The van der Waals surface area contributed by atoms with Crippen molar-refractivity contribution in [3.05, 3.63) is 63.2 Å². The number of imidazole rings is 1. The number of carbonyl (C=O) groups is 1. The average Bonchev–Trinajstić information content (AvgIpc) is 3.12. The monoisotopic (exact) mass is 378 g/mol. The van der Waals surface area contributed by atoms with Gasteiger partial charge in [0.2, 0.25) is 5.91 Å². The molecule has 0 saturated carbocycles. The van der Waals surface area contributed by atoms with Crippen LogP contribution < -0.4 is 16.6 Å². The van der Waals surface area contributed by atoms with Crippen LogP contribution in [0.5, 0.6) is 0 Å². The minimum atomic E-state index is -0.455. The summed E-state index contributed by atoms with van der Waals surface area (Å²) in [5.41, 5.74) is 1.55. The number of anilines is 1. The Labute approximate surface area is 158 Å². The quantitative estimate of drug-likeness (QED) is 0.551. The van der Waals surface area contributed by atoms with Gasteiger partial charge in [0.1, 0.15) is 11.5 Å². The van der Waals surface area contributed by atoms with Crippen molar-refractivity contribution in [3.63, 3.8) is 0 Å². The van der Waals surface area contributed by atoms with Gasteiger partial charge in [-0.3, -0.25) is 18.7 Å². The predicted molar refractivity (Wildman–Crippen MR) is 105 cm³/mol. The molecule has 0 unspecified atom stereocenters. The van der Waals surface area contributed by atoms with Crippen molar-refractivity contribution in [1.29, 1.82) is 0 Å². The molecule has 4 rings (SSSR count). The molecule has 0 aliphatic rings. The number of fused-ring (bicyclic) bond motifs is 2. The van der Waals surface area contributed by atoms with Crippen LogP contribution in [0.15, 0.2) is 46.1 Å². The van der Waals surface area contributed by atoms with Gasteiger partial charge in [-0.2, -0.15) is 0 Å². The molecule has 1 amide bonds. The molecular formula is C19H18N6O3. The molecule has 3 aromatic heterocycles. The van der Waals surface area contributed by atoms with Crippen LogP contribution in [-0.2, 0) is 25.3 Å². The number of rotatable bonds is 4. The van der Waals surface area contributed by atoms with E-state index < -0.39 is 11.2 Å². The largest absolute Gasteiger partial charge is 0.342 e. The summed E-state index contributed by atoms with van der Waals surface area (Å²) in [4.78, 5) is 48.4. The van der Waals surface area contributed by atoms with Crippen molar-refractivity contribution in [2.24, 2.45) is 14.1 Å². The van der Waals surface area contributed by atoms with E-state index in [0.717, 1.165) is 21.4 Å². The number of amides is 1. The van der Waals surface area contributed by atoms with E-state index in [-0.39, 0.29) is 23.4 Å². The van der Waals surface area contributed by atoms with E-state index in [1.807, 2.05) is 24.3 Å². The van der Waals surface area contributed by atoms with Crippen LogP contribution in [0.2, 0.25) is 0 Å². The van der Waals surface area contributed by atoms with Crippen LogP contribution in [0.4, 0.5) is 5.69 Å². The van der Waals surface area contributed by atoms with Gasteiger partial charge >= 0.3 is 5.69 Å². The number of para-hydroxylation sites is 2. The summed E-state index contributed by atoms with van der Waals surface area (Å²) in [5, 5.41) is 3.00. The first-order valence-corrected chi connectivity index (χ1v) is 8.73. The van der Waals surface area contributed by atoms with Crippen LogP contribution in [0.25, 0.3) is 22.1 Å². The van der Waals surface area contributed by atoms with E-state index in [1.165, 1.54) is 23.9 Å². The van der Waals surface area contributed by atoms with Gasteiger partial charge in [0.15, 0.2) is 0 Å². The van der Waals surface area contributed by atoms with Gasteiger partial charge < -0.3 is 10.3 Å². The summed E-state index contributed by atoms with van der Waals surface area (Å²) >= 11 is 0. The van der Waals surface area contributed by atoms with Crippen LogP contribution in [-0.4, -0.2) is 30.0 Å². The first-order valence-electron chi connectivity index (χ1n) is 8.73. The molecule has 3 heterocycles.